The Morgan fingerprint density at radius 2 is 2.18 bits per heavy atom. The number of carbonyl (C=O) groups excluding carboxylic acids is 1. The third kappa shape index (κ3) is 3.56. The number of H-pyrrole nitrogens is 1. The number of carboxylic acids is 1. The Morgan fingerprint density at radius 3 is 2.65 bits per heavy atom. The van der Waals surface area contributed by atoms with Crippen LogP contribution in [0.2, 0.25) is 0 Å². The Bertz CT molecular complexity index is 408. The van der Waals surface area contributed by atoms with E-state index in [1.54, 1.807) is 13.8 Å². The van der Waals surface area contributed by atoms with Gasteiger partial charge in [-0.15, -0.1) is 0 Å². The highest BCUT2D eigenvalue weighted by Crippen LogP contribution is 2.15. The molecule has 0 spiro atoms. The van der Waals surface area contributed by atoms with Crippen LogP contribution in [0.25, 0.3) is 0 Å². The van der Waals surface area contributed by atoms with Crippen molar-refractivity contribution in [3.05, 3.63) is 11.4 Å². The van der Waals surface area contributed by atoms with Crippen LogP contribution in [0.3, 0.4) is 0 Å². The summed E-state index contributed by atoms with van der Waals surface area (Å²) in [4.78, 5) is 21.9. The van der Waals surface area contributed by atoms with E-state index < -0.39 is 18.0 Å². The number of anilines is 1. The lowest BCUT2D eigenvalue weighted by molar-refractivity contribution is -0.150. The van der Waals surface area contributed by atoms with Gasteiger partial charge in [-0.3, -0.25) is 9.89 Å². The second kappa shape index (κ2) is 5.44. The molecule has 0 aliphatic heterocycles. The first-order valence-corrected chi connectivity index (χ1v) is 5.07. The largest absolute Gasteiger partial charge is 0.479 e. The molecule has 0 saturated carbocycles. The molecule has 94 valence electrons. The monoisotopic (exact) mass is 241 g/mol. The first-order chi connectivity index (χ1) is 7.91. The van der Waals surface area contributed by atoms with Crippen molar-refractivity contribution in [1.29, 1.82) is 0 Å². The van der Waals surface area contributed by atoms with E-state index in [1.807, 2.05) is 0 Å². The van der Waals surface area contributed by atoms with Gasteiger partial charge in [0.1, 0.15) is 6.61 Å². The number of carboxylic acid groups (broad SMARTS) is 1. The van der Waals surface area contributed by atoms with Crippen LogP contribution in [0.15, 0.2) is 0 Å². The number of aryl methyl sites for hydroxylation is 2. The van der Waals surface area contributed by atoms with Gasteiger partial charge in [-0.1, -0.05) is 0 Å². The van der Waals surface area contributed by atoms with E-state index in [2.05, 4.69) is 15.5 Å². The summed E-state index contributed by atoms with van der Waals surface area (Å²) < 4.78 is 4.85. The smallest absolute Gasteiger partial charge is 0.332 e. The van der Waals surface area contributed by atoms with Gasteiger partial charge in [0.05, 0.1) is 17.1 Å². The summed E-state index contributed by atoms with van der Waals surface area (Å²) in [6, 6.07) is 0. The number of nitrogens with zero attached hydrogens (tertiary/aromatic N) is 1. The van der Waals surface area contributed by atoms with Gasteiger partial charge in [0.2, 0.25) is 0 Å². The highest BCUT2D eigenvalue weighted by molar-refractivity contribution is 5.92. The molecular weight excluding hydrogens is 226 g/mol. The standard InChI is InChI=1S/C10H15N3O4/c1-5-9(6(2)13-12-5)11-8(14)4-17-7(3)10(15)16/h7H,4H2,1-3H3,(H,11,14)(H,12,13)(H,15,16)/t7-/m0/s1. The summed E-state index contributed by atoms with van der Waals surface area (Å²) in [6.45, 7) is 4.58. The topological polar surface area (TPSA) is 104 Å². The molecule has 17 heavy (non-hydrogen) atoms. The molecule has 0 aliphatic carbocycles. The zero-order valence-electron chi connectivity index (χ0n) is 9.90. The summed E-state index contributed by atoms with van der Waals surface area (Å²) in [7, 11) is 0. The van der Waals surface area contributed by atoms with E-state index >= 15 is 0 Å². The molecule has 0 radical (unpaired) electrons. The molecule has 0 aliphatic rings. The fraction of sp³-hybridized carbons (Fsp3) is 0.500. The molecule has 0 unspecified atom stereocenters. The molecule has 0 bridgehead atoms. The molecule has 1 heterocycles. The highest BCUT2D eigenvalue weighted by atomic mass is 16.5. The number of nitrogens with one attached hydrogen (secondary N) is 2. The molecule has 0 aromatic carbocycles. The van der Waals surface area contributed by atoms with E-state index in [0.717, 1.165) is 5.69 Å². The number of hydrogen-bond acceptors (Lipinski definition) is 4. The van der Waals surface area contributed by atoms with Gasteiger partial charge in [-0.25, -0.2) is 4.79 Å². The van der Waals surface area contributed by atoms with Gasteiger partial charge in [-0.05, 0) is 20.8 Å². The van der Waals surface area contributed by atoms with Crippen molar-refractivity contribution in [1.82, 2.24) is 10.2 Å². The van der Waals surface area contributed by atoms with Crippen LogP contribution in [0, 0.1) is 13.8 Å². The second-order valence-corrected chi connectivity index (χ2v) is 3.65. The minimum atomic E-state index is -1.10. The Kier molecular flexibility index (Phi) is 4.22. The van der Waals surface area contributed by atoms with Crippen LogP contribution in [-0.4, -0.2) is 39.9 Å². The Hall–Kier alpha value is -1.89. The maximum absolute atomic E-state index is 11.5. The summed E-state index contributed by atoms with van der Waals surface area (Å²) in [5, 5.41) is 17.8. The van der Waals surface area contributed by atoms with Crippen LogP contribution in [-0.2, 0) is 14.3 Å². The number of carbonyl (C=O) groups is 2. The number of aromatic nitrogens is 2. The van der Waals surface area contributed by atoms with Gasteiger partial charge in [-0.2, -0.15) is 5.10 Å². The van der Waals surface area contributed by atoms with Crippen molar-refractivity contribution in [2.45, 2.75) is 26.9 Å². The number of amides is 1. The Morgan fingerprint density at radius 1 is 1.53 bits per heavy atom. The van der Waals surface area contributed by atoms with Crippen molar-refractivity contribution < 1.29 is 19.4 Å². The average Bonchev–Trinajstić information content (AvgIpc) is 2.57. The molecule has 1 rings (SSSR count). The Balaban J connectivity index is 2.48. The third-order valence-electron chi connectivity index (χ3n) is 2.20. The van der Waals surface area contributed by atoms with Crippen molar-refractivity contribution >= 4 is 17.6 Å². The molecule has 1 aromatic rings. The lowest BCUT2D eigenvalue weighted by Crippen LogP contribution is -2.26. The zero-order chi connectivity index (χ0) is 13.0. The van der Waals surface area contributed by atoms with Gasteiger partial charge in [0.25, 0.3) is 5.91 Å². The summed E-state index contributed by atoms with van der Waals surface area (Å²) in [5.41, 5.74) is 2.01. The number of aromatic amines is 1. The predicted molar refractivity (Wildman–Crippen MR) is 59.7 cm³/mol. The molecule has 0 saturated heterocycles. The predicted octanol–water partition coefficient (Wildman–Crippen LogP) is 0.455. The normalized spacial score (nSPS) is 12.2. The fourth-order valence-electron chi connectivity index (χ4n) is 1.18. The van der Waals surface area contributed by atoms with Crippen LogP contribution < -0.4 is 5.32 Å². The van der Waals surface area contributed by atoms with Crippen molar-refractivity contribution in [2.75, 3.05) is 11.9 Å². The molecule has 1 aromatic heterocycles. The molecule has 3 N–H and O–H groups in total. The first kappa shape index (κ1) is 13.2. The maximum Gasteiger partial charge on any atom is 0.332 e. The van der Waals surface area contributed by atoms with E-state index in [9.17, 15) is 9.59 Å². The third-order valence-corrected chi connectivity index (χ3v) is 2.20. The lowest BCUT2D eigenvalue weighted by atomic mass is 10.3. The number of hydrogen-bond donors (Lipinski definition) is 3. The summed E-state index contributed by atoms with van der Waals surface area (Å²) in [5.74, 6) is -1.51. The van der Waals surface area contributed by atoms with E-state index in [4.69, 9.17) is 9.84 Å². The molecule has 0 fully saturated rings. The number of rotatable bonds is 5. The average molecular weight is 241 g/mol. The first-order valence-electron chi connectivity index (χ1n) is 5.07. The zero-order valence-corrected chi connectivity index (χ0v) is 9.90. The van der Waals surface area contributed by atoms with Crippen molar-refractivity contribution in [3.63, 3.8) is 0 Å². The minimum absolute atomic E-state index is 0.308. The summed E-state index contributed by atoms with van der Waals surface area (Å²) >= 11 is 0. The lowest BCUT2D eigenvalue weighted by Gasteiger charge is -2.08. The quantitative estimate of drug-likeness (QED) is 0.694. The van der Waals surface area contributed by atoms with Gasteiger partial charge >= 0.3 is 5.97 Å². The van der Waals surface area contributed by atoms with E-state index in [-0.39, 0.29) is 6.61 Å². The molecule has 7 nitrogen and oxygen atoms in total. The van der Waals surface area contributed by atoms with Gasteiger partial charge < -0.3 is 15.2 Å². The Labute approximate surface area is 98.2 Å². The van der Waals surface area contributed by atoms with E-state index in [1.165, 1.54) is 6.92 Å². The SMILES string of the molecule is Cc1n[nH]c(C)c1NC(=O)CO[C@@H](C)C(=O)O. The van der Waals surface area contributed by atoms with Gasteiger partial charge in [0.15, 0.2) is 6.10 Å². The van der Waals surface area contributed by atoms with Gasteiger partial charge in [0, 0.05) is 0 Å². The molecule has 1 amide bonds. The minimum Gasteiger partial charge on any atom is -0.479 e. The maximum atomic E-state index is 11.5. The molecule has 7 heteroatoms. The van der Waals surface area contributed by atoms with Crippen LogP contribution >= 0.6 is 0 Å². The van der Waals surface area contributed by atoms with Crippen molar-refractivity contribution in [2.24, 2.45) is 0 Å². The molecule has 1 atom stereocenters. The van der Waals surface area contributed by atoms with Crippen LogP contribution in [0.5, 0.6) is 0 Å². The number of ether oxygens (including phenoxy) is 1. The van der Waals surface area contributed by atoms with Crippen molar-refractivity contribution in [3.8, 4) is 0 Å². The second-order valence-electron chi connectivity index (χ2n) is 3.65. The van der Waals surface area contributed by atoms with E-state index in [0.29, 0.717) is 11.4 Å². The highest BCUT2D eigenvalue weighted by Gasteiger charge is 2.15. The van der Waals surface area contributed by atoms with Crippen LogP contribution in [0.4, 0.5) is 5.69 Å². The van der Waals surface area contributed by atoms with Crippen LogP contribution in [0.1, 0.15) is 18.3 Å². The number of aliphatic carboxylic acids is 1. The fourth-order valence-corrected chi connectivity index (χ4v) is 1.18. The summed E-state index contributed by atoms with van der Waals surface area (Å²) in [6.07, 6.45) is -1.01. The molecular formula is C10H15N3O4.